The fourth-order valence-electron chi connectivity index (χ4n) is 2.32. The zero-order valence-electron chi connectivity index (χ0n) is 13.1. The third-order valence-corrected chi connectivity index (χ3v) is 4.75. The molecule has 23 heavy (non-hydrogen) atoms. The van der Waals surface area contributed by atoms with Gasteiger partial charge in [-0.1, -0.05) is 42.0 Å². The van der Waals surface area contributed by atoms with Gasteiger partial charge in [-0.2, -0.15) is 0 Å². The average Bonchev–Trinajstić information content (AvgIpc) is 2.47. The van der Waals surface area contributed by atoms with Crippen molar-refractivity contribution in [2.75, 3.05) is 13.7 Å². The van der Waals surface area contributed by atoms with E-state index in [0.717, 1.165) is 11.1 Å². The highest BCUT2D eigenvalue weighted by Gasteiger charge is 2.17. The molecule has 1 N–H and O–H groups in total. The van der Waals surface area contributed by atoms with Gasteiger partial charge >= 0.3 is 0 Å². The van der Waals surface area contributed by atoms with Crippen molar-refractivity contribution in [3.8, 4) is 0 Å². The smallest absolute Gasteiger partial charge is 0.215 e. The zero-order valence-corrected chi connectivity index (χ0v) is 13.9. The number of hydrogen-bond acceptors (Lipinski definition) is 3. The van der Waals surface area contributed by atoms with E-state index >= 15 is 0 Å². The van der Waals surface area contributed by atoms with Crippen LogP contribution in [0.2, 0.25) is 0 Å². The standard InChI is InChI=1S/C17H20FNO3S/c1-13-5-3-6-14(9-13)12-23(20,21)19-11-17(22-2)15-7-4-8-16(18)10-15/h3-10,17,19H,11-12H2,1-2H3. The van der Waals surface area contributed by atoms with Gasteiger partial charge in [-0.25, -0.2) is 17.5 Å². The lowest BCUT2D eigenvalue weighted by molar-refractivity contribution is 0.107. The first-order valence-electron chi connectivity index (χ1n) is 7.21. The molecule has 0 aliphatic carbocycles. The maximum absolute atomic E-state index is 13.3. The summed E-state index contributed by atoms with van der Waals surface area (Å²) in [5, 5.41) is 0. The largest absolute Gasteiger partial charge is 0.375 e. The molecule has 1 atom stereocenters. The number of hydrogen-bond donors (Lipinski definition) is 1. The van der Waals surface area contributed by atoms with Crippen LogP contribution in [-0.4, -0.2) is 22.1 Å². The van der Waals surface area contributed by atoms with Crippen molar-refractivity contribution in [2.24, 2.45) is 0 Å². The van der Waals surface area contributed by atoms with Crippen LogP contribution in [0.15, 0.2) is 48.5 Å². The lowest BCUT2D eigenvalue weighted by Crippen LogP contribution is -2.30. The van der Waals surface area contributed by atoms with Crippen LogP contribution in [0.25, 0.3) is 0 Å². The minimum absolute atomic E-state index is 0.0497. The molecule has 2 aromatic rings. The topological polar surface area (TPSA) is 55.4 Å². The lowest BCUT2D eigenvalue weighted by Gasteiger charge is -2.17. The van der Waals surface area contributed by atoms with E-state index in [0.29, 0.717) is 5.56 Å². The Morgan fingerprint density at radius 1 is 1.17 bits per heavy atom. The van der Waals surface area contributed by atoms with Crippen molar-refractivity contribution in [2.45, 2.75) is 18.8 Å². The molecular formula is C17H20FNO3S. The molecule has 4 nitrogen and oxygen atoms in total. The van der Waals surface area contributed by atoms with E-state index in [-0.39, 0.29) is 18.1 Å². The maximum atomic E-state index is 13.3. The number of ether oxygens (including phenoxy) is 1. The van der Waals surface area contributed by atoms with Crippen molar-refractivity contribution in [1.82, 2.24) is 4.72 Å². The van der Waals surface area contributed by atoms with Crippen LogP contribution in [0.4, 0.5) is 4.39 Å². The lowest BCUT2D eigenvalue weighted by atomic mass is 10.1. The molecule has 0 spiro atoms. The highest BCUT2D eigenvalue weighted by atomic mass is 32.2. The van der Waals surface area contributed by atoms with Gasteiger partial charge in [-0.05, 0) is 30.2 Å². The Labute approximate surface area is 136 Å². The molecule has 0 radical (unpaired) electrons. The highest BCUT2D eigenvalue weighted by molar-refractivity contribution is 7.88. The van der Waals surface area contributed by atoms with E-state index in [2.05, 4.69) is 4.72 Å². The molecule has 0 saturated heterocycles. The maximum Gasteiger partial charge on any atom is 0.215 e. The highest BCUT2D eigenvalue weighted by Crippen LogP contribution is 2.17. The number of benzene rings is 2. The predicted molar refractivity (Wildman–Crippen MR) is 88.0 cm³/mol. The second-order valence-electron chi connectivity index (χ2n) is 5.38. The van der Waals surface area contributed by atoms with Gasteiger partial charge in [-0.15, -0.1) is 0 Å². The number of halogens is 1. The molecule has 2 rings (SSSR count). The Bertz CT molecular complexity index is 762. The van der Waals surface area contributed by atoms with Crippen LogP contribution in [0.1, 0.15) is 22.8 Å². The minimum Gasteiger partial charge on any atom is -0.375 e. The number of methoxy groups -OCH3 is 1. The first-order valence-corrected chi connectivity index (χ1v) is 8.86. The van der Waals surface area contributed by atoms with Crippen molar-refractivity contribution in [3.63, 3.8) is 0 Å². The molecule has 0 aromatic heterocycles. The van der Waals surface area contributed by atoms with E-state index in [1.807, 2.05) is 25.1 Å². The van der Waals surface area contributed by atoms with Gasteiger partial charge in [0.25, 0.3) is 0 Å². The number of sulfonamides is 1. The third-order valence-electron chi connectivity index (χ3n) is 3.43. The third kappa shape index (κ3) is 5.42. The van der Waals surface area contributed by atoms with Gasteiger partial charge in [-0.3, -0.25) is 0 Å². The number of rotatable bonds is 7. The van der Waals surface area contributed by atoms with Gasteiger partial charge in [0.1, 0.15) is 5.82 Å². The van der Waals surface area contributed by atoms with Gasteiger partial charge < -0.3 is 4.74 Å². The van der Waals surface area contributed by atoms with Gasteiger partial charge in [0.05, 0.1) is 11.9 Å². The van der Waals surface area contributed by atoms with Crippen molar-refractivity contribution in [1.29, 1.82) is 0 Å². The summed E-state index contributed by atoms with van der Waals surface area (Å²) < 4.78 is 45.4. The fraction of sp³-hybridized carbons (Fsp3) is 0.294. The molecule has 6 heteroatoms. The van der Waals surface area contributed by atoms with Gasteiger partial charge in [0.15, 0.2) is 0 Å². The van der Waals surface area contributed by atoms with E-state index in [4.69, 9.17) is 4.74 Å². The molecule has 0 bridgehead atoms. The van der Waals surface area contributed by atoms with Crippen molar-refractivity contribution in [3.05, 3.63) is 71.0 Å². The van der Waals surface area contributed by atoms with E-state index in [9.17, 15) is 12.8 Å². The molecule has 0 aliphatic heterocycles. The van der Waals surface area contributed by atoms with E-state index < -0.39 is 16.1 Å². The minimum atomic E-state index is -3.50. The second-order valence-corrected chi connectivity index (χ2v) is 7.18. The number of nitrogens with one attached hydrogen (secondary N) is 1. The summed E-state index contributed by atoms with van der Waals surface area (Å²) >= 11 is 0. The Kier molecular flexibility index (Phi) is 5.87. The Balaban J connectivity index is 2.02. The molecule has 0 amide bonds. The summed E-state index contributed by atoms with van der Waals surface area (Å²) in [5.74, 6) is -0.485. The van der Waals surface area contributed by atoms with Crippen LogP contribution in [-0.2, 0) is 20.5 Å². The quantitative estimate of drug-likeness (QED) is 0.845. The summed E-state index contributed by atoms with van der Waals surface area (Å²) in [7, 11) is -2.04. The van der Waals surface area contributed by atoms with Gasteiger partial charge in [0.2, 0.25) is 10.0 Å². The molecule has 124 valence electrons. The normalized spacial score (nSPS) is 13.0. The van der Waals surface area contributed by atoms with E-state index in [1.165, 1.54) is 19.2 Å². The molecule has 1 unspecified atom stereocenters. The second kappa shape index (κ2) is 7.68. The van der Waals surface area contributed by atoms with E-state index in [1.54, 1.807) is 18.2 Å². The molecular weight excluding hydrogens is 317 g/mol. The fourth-order valence-corrected chi connectivity index (χ4v) is 3.44. The van der Waals surface area contributed by atoms with Crippen LogP contribution >= 0.6 is 0 Å². The van der Waals surface area contributed by atoms with Crippen LogP contribution < -0.4 is 4.72 Å². The molecule has 2 aromatic carbocycles. The average molecular weight is 337 g/mol. The molecule has 0 aliphatic rings. The summed E-state index contributed by atoms with van der Waals surface area (Å²) in [4.78, 5) is 0. The first-order chi connectivity index (χ1) is 10.9. The van der Waals surface area contributed by atoms with Crippen LogP contribution in [0, 0.1) is 12.7 Å². The summed E-state index contributed by atoms with van der Waals surface area (Å²) in [5.41, 5.74) is 2.32. The van der Waals surface area contributed by atoms with Crippen LogP contribution in [0.3, 0.4) is 0 Å². The Morgan fingerprint density at radius 3 is 2.57 bits per heavy atom. The summed E-state index contributed by atoms with van der Waals surface area (Å²) in [6.45, 7) is 1.96. The monoisotopic (exact) mass is 337 g/mol. The van der Waals surface area contributed by atoms with Gasteiger partial charge in [0, 0.05) is 13.7 Å². The van der Waals surface area contributed by atoms with Crippen molar-refractivity contribution >= 4 is 10.0 Å². The Hall–Kier alpha value is -1.76. The Morgan fingerprint density at radius 2 is 1.91 bits per heavy atom. The zero-order chi connectivity index (χ0) is 16.9. The summed E-state index contributed by atoms with van der Waals surface area (Å²) in [6.07, 6.45) is -0.544. The predicted octanol–water partition coefficient (Wildman–Crippen LogP) is 2.94. The summed E-state index contributed by atoms with van der Waals surface area (Å²) in [6, 6.07) is 13.3. The van der Waals surface area contributed by atoms with Crippen molar-refractivity contribution < 1.29 is 17.5 Å². The molecule has 0 heterocycles. The van der Waals surface area contributed by atoms with Crippen LogP contribution in [0.5, 0.6) is 0 Å². The molecule has 0 fully saturated rings. The first kappa shape index (κ1) is 17.6. The molecule has 0 saturated carbocycles. The SMILES string of the molecule is COC(CNS(=O)(=O)Cc1cccc(C)c1)c1cccc(F)c1. The number of aryl methyl sites for hydroxylation is 1.